The van der Waals surface area contributed by atoms with Gasteiger partial charge < -0.3 is 10.6 Å². The molecule has 1 aliphatic rings. The maximum absolute atomic E-state index is 13.4. The van der Waals surface area contributed by atoms with Gasteiger partial charge in [0.25, 0.3) is 0 Å². The molecule has 2 rings (SSSR count). The quantitative estimate of drug-likeness (QED) is 0.889. The number of pyridine rings is 1. The molecule has 1 atom stereocenters. The van der Waals surface area contributed by atoms with Crippen molar-refractivity contribution in [2.24, 2.45) is 0 Å². The molecule has 0 aliphatic carbocycles. The van der Waals surface area contributed by atoms with Gasteiger partial charge in [0, 0.05) is 29.7 Å². The van der Waals surface area contributed by atoms with Crippen LogP contribution in [0, 0.1) is 5.82 Å². The highest BCUT2D eigenvalue weighted by atomic mass is 79.9. The van der Waals surface area contributed by atoms with Crippen LogP contribution >= 0.6 is 15.9 Å². The summed E-state index contributed by atoms with van der Waals surface area (Å²) in [5.74, 6) is -0.140. The zero-order valence-electron chi connectivity index (χ0n) is 8.46. The Morgan fingerprint density at radius 3 is 3.12 bits per heavy atom. The van der Waals surface area contributed by atoms with E-state index in [1.807, 2.05) is 0 Å². The normalized spacial score (nSPS) is 19.6. The van der Waals surface area contributed by atoms with Crippen LogP contribution in [0.1, 0.15) is 12.8 Å². The fraction of sp³-hybridized carbons (Fsp3) is 0.400. The van der Waals surface area contributed by atoms with E-state index in [-0.39, 0.29) is 17.8 Å². The van der Waals surface area contributed by atoms with Crippen molar-refractivity contribution in [2.75, 3.05) is 11.9 Å². The molecule has 0 saturated carbocycles. The number of carbonyl (C=O) groups excluding carboxylic acids is 1. The fourth-order valence-corrected chi connectivity index (χ4v) is 1.90. The molecule has 86 valence electrons. The van der Waals surface area contributed by atoms with E-state index in [4.69, 9.17) is 0 Å². The summed E-state index contributed by atoms with van der Waals surface area (Å²) in [4.78, 5) is 14.9. The maximum Gasteiger partial charge on any atom is 0.220 e. The lowest BCUT2D eigenvalue weighted by Crippen LogP contribution is -2.32. The number of carbonyl (C=O) groups is 1. The van der Waals surface area contributed by atoms with Crippen molar-refractivity contribution < 1.29 is 9.18 Å². The van der Waals surface area contributed by atoms with Gasteiger partial charge in [-0.2, -0.15) is 0 Å². The molecule has 0 bridgehead atoms. The van der Waals surface area contributed by atoms with E-state index in [1.165, 1.54) is 12.3 Å². The van der Waals surface area contributed by atoms with Crippen molar-refractivity contribution in [1.82, 2.24) is 10.3 Å². The molecule has 2 heterocycles. The molecule has 1 fully saturated rings. The van der Waals surface area contributed by atoms with Crippen molar-refractivity contribution >= 4 is 27.7 Å². The first kappa shape index (κ1) is 11.3. The smallest absolute Gasteiger partial charge is 0.220 e. The van der Waals surface area contributed by atoms with Gasteiger partial charge in [-0.25, -0.2) is 9.37 Å². The third kappa shape index (κ3) is 2.69. The number of rotatable bonds is 3. The van der Waals surface area contributed by atoms with Crippen molar-refractivity contribution in [3.05, 3.63) is 22.6 Å². The summed E-state index contributed by atoms with van der Waals surface area (Å²) < 4.78 is 14.0. The summed E-state index contributed by atoms with van der Waals surface area (Å²) in [7, 11) is 0. The van der Waals surface area contributed by atoms with E-state index in [9.17, 15) is 9.18 Å². The Bertz CT molecular complexity index is 413. The summed E-state index contributed by atoms with van der Waals surface area (Å²) in [5.41, 5.74) is 0. The predicted molar refractivity (Wildman–Crippen MR) is 61.5 cm³/mol. The standard InChI is InChI=1S/C10H11BrFN3O/c11-6-3-8(12)10(13-4-6)14-5-7-1-2-9(16)15-7/h3-4,7H,1-2,5H2,(H,13,14)(H,15,16). The zero-order valence-corrected chi connectivity index (χ0v) is 10.1. The van der Waals surface area contributed by atoms with Gasteiger partial charge in [-0.1, -0.05) is 0 Å². The van der Waals surface area contributed by atoms with Gasteiger partial charge in [0.1, 0.15) is 0 Å². The van der Waals surface area contributed by atoms with Crippen LogP contribution in [0.5, 0.6) is 0 Å². The summed E-state index contributed by atoms with van der Waals surface area (Å²) >= 11 is 3.13. The molecule has 0 radical (unpaired) electrons. The molecule has 4 nitrogen and oxygen atoms in total. The van der Waals surface area contributed by atoms with Crippen molar-refractivity contribution in [2.45, 2.75) is 18.9 Å². The van der Waals surface area contributed by atoms with Gasteiger partial charge in [-0.05, 0) is 28.4 Å². The molecule has 16 heavy (non-hydrogen) atoms. The molecule has 1 amide bonds. The highest BCUT2D eigenvalue weighted by Crippen LogP contribution is 2.16. The first-order valence-corrected chi connectivity index (χ1v) is 5.79. The third-order valence-corrected chi connectivity index (χ3v) is 2.84. The van der Waals surface area contributed by atoms with E-state index in [1.54, 1.807) is 0 Å². The Kier molecular flexibility index (Phi) is 3.38. The molecule has 1 unspecified atom stereocenters. The lowest BCUT2D eigenvalue weighted by Gasteiger charge is -2.12. The maximum atomic E-state index is 13.4. The number of halogens is 2. The van der Waals surface area contributed by atoms with Crippen LogP contribution in [0.4, 0.5) is 10.2 Å². The van der Waals surface area contributed by atoms with Crippen LogP contribution in [0.3, 0.4) is 0 Å². The van der Waals surface area contributed by atoms with Crippen molar-refractivity contribution in [3.63, 3.8) is 0 Å². The van der Waals surface area contributed by atoms with E-state index in [0.717, 1.165) is 6.42 Å². The van der Waals surface area contributed by atoms with Gasteiger partial charge in [-0.3, -0.25) is 4.79 Å². The average molecular weight is 288 g/mol. The molecule has 0 spiro atoms. The van der Waals surface area contributed by atoms with Crippen LogP contribution in [0.2, 0.25) is 0 Å². The third-order valence-electron chi connectivity index (χ3n) is 2.41. The molecule has 0 aromatic carbocycles. The minimum absolute atomic E-state index is 0.0519. The summed E-state index contributed by atoms with van der Waals surface area (Å²) in [6.07, 6.45) is 2.85. The lowest BCUT2D eigenvalue weighted by atomic mass is 10.2. The van der Waals surface area contributed by atoms with Crippen molar-refractivity contribution in [1.29, 1.82) is 0 Å². The molecule has 1 aliphatic heterocycles. The number of nitrogens with one attached hydrogen (secondary N) is 2. The zero-order chi connectivity index (χ0) is 11.5. The molecule has 6 heteroatoms. The van der Waals surface area contributed by atoms with E-state index >= 15 is 0 Å². The Labute approximate surface area is 101 Å². The molecule has 1 aromatic rings. The summed E-state index contributed by atoms with van der Waals surface area (Å²) in [6.45, 7) is 0.497. The van der Waals surface area contributed by atoms with Crippen LogP contribution in [-0.4, -0.2) is 23.5 Å². The van der Waals surface area contributed by atoms with Crippen LogP contribution in [-0.2, 0) is 4.79 Å². The van der Waals surface area contributed by atoms with E-state index in [0.29, 0.717) is 17.4 Å². The Morgan fingerprint density at radius 1 is 1.69 bits per heavy atom. The second-order valence-corrected chi connectivity index (χ2v) is 4.58. The van der Waals surface area contributed by atoms with Crippen molar-refractivity contribution in [3.8, 4) is 0 Å². The molecule has 1 aromatic heterocycles. The minimum Gasteiger partial charge on any atom is -0.366 e. The largest absolute Gasteiger partial charge is 0.366 e. The lowest BCUT2D eigenvalue weighted by molar-refractivity contribution is -0.119. The van der Waals surface area contributed by atoms with Gasteiger partial charge in [0.15, 0.2) is 11.6 Å². The van der Waals surface area contributed by atoms with Gasteiger partial charge in [0.2, 0.25) is 5.91 Å². The van der Waals surface area contributed by atoms with E-state index < -0.39 is 5.82 Å². The average Bonchev–Trinajstić information content (AvgIpc) is 2.63. The number of hydrogen-bond donors (Lipinski definition) is 2. The molecule has 2 N–H and O–H groups in total. The highest BCUT2D eigenvalue weighted by Gasteiger charge is 2.20. The van der Waals surface area contributed by atoms with Gasteiger partial charge in [-0.15, -0.1) is 0 Å². The number of hydrogen-bond acceptors (Lipinski definition) is 3. The monoisotopic (exact) mass is 287 g/mol. The Hall–Kier alpha value is -1.17. The predicted octanol–water partition coefficient (Wildman–Crippen LogP) is 1.67. The molecular formula is C10H11BrFN3O. The second-order valence-electron chi connectivity index (χ2n) is 3.67. The van der Waals surface area contributed by atoms with Crippen LogP contribution in [0.25, 0.3) is 0 Å². The Balaban J connectivity index is 1.92. The molecule has 1 saturated heterocycles. The number of amides is 1. The highest BCUT2D eigenvalue weighted by molar-refractivity contribution is 9.10. The summed E-state index contributed by atoms with van der Waals surface area (Å²) in [5, 5.41) is 5.67. The van der Waals surface area contributed by atoms with Gasteiger partial charge >= 0.3 is 0 Å². The number of anilines is 1. The van der Waals surface area contributed by atoms with Crippen LogP contribution < -0.4 is 10.6 Å². The topological polar surface area (TPSA) is 54.0 Å². The number of aromatic nitrogens is 1. The second kappa shape index (κ2) is 4.78. The SMILES string of the molecule is O=C1CCC(CNc2ncc(Br)cc2F)N1. The first-order valence-electron chi connectivity index (χ1n) is 4.99. The first-order chi connectivity index (χ1) is 7.65. The number of nitrogens with zero attached hydrogens (tertiary/aromatic N) is 1. The summed E-state index contributed by atoms with van der Waals surface area (Å²) in [6, 6.07) is 1.42. The Morgan fingerprint density at radius 2 is 2.50 bits per heavy atom. The van der Waals surface area contributed by atoms with Crippen LogP contribution in [0.15, 0.2) is 16.7 Å². The fourth-order valence-electron chi connectivity index (χ4n) is 1.59. The minimum atomic E-state index is -0.404. The van der Waals surface area contributed by atoms with Gasteiger partial charge in [0.05, 0.1) is 0 Å². The van der Waals surface area contributed by atoms with E-state index in [2.05, 4.69) is 31.5 Å². The molecular weight excluding hydrogens is 277 g/mol.